The number of thioether (sulfide) groups is 1. The summed E-state index contributed by atoms with van der Waals surface area (Å²) in [5.41, 5.74) is 2.07. The van der Waals surface area contributed by atoms with Crippen LogP contribution in [0.4, 0.5) is 13.2 Å². The highest BCUT2D eigenvalue weighted by Gasteiger charge is 2.27. The van der Waals surface area contributed by atoms with Crippen LogP contribution in [0.5, 0.6) is 0 Å². The molecule has 1 aromatic carbocycles. The van der Waals surface area contributed by atoms with Crippen molar-refractivity contribution in [1.29, 1.82) is 0 Å². The summed E-state index contributed by atoms with van der Waals surface area (Å²) in [6, 6.07) is 7.96. The zero-order valence-electron chi connectivity index (χ0n) is 16.0. The molecular formula is C19H23F3N4OS. The third-order valence-corrected chi connectivity index (χ3v) is 4.82. The molecule has 9 heteroatoms. The van der Waals surface area contributed by atoms with E-state index < -0.39 is 18.6 Å². The van der Waals surface area contributed by atoms with E-state index in [0.29, 0.717) is 17.5 Å². The zero-order valence-corrected chi connectivity index (χ0v) is 16.8. The van der Waals surface area contributed by atoms with E-state index in [1.165, 1.54) is 5.56 Å². The molecule has 28 heavy (non-hydrogen) atoms. The molecule has 152 valence electrons. The van der Waals surface area contributed by atoms with Gasteiger partial charge in [-0.25, -0.2) is 0 Å². The third kappa shape index (κ3) is 6.12. The van der Waals surface area contributed by atoms with E-state index in [2.05, 4.69) is 37.5 Å². The van der Waals surface area contributed by atoms with Gasteiger partial charge in [-0.2, -0.15) is 13.2 Å². The highest BCUT2D eigenvalue weighted by atomic mass is 32.2. The van der Waals surface area contributed by atoms with Crippen molar-refractivity contribution in [3.8, 4) is 11.4 Å². The molecule has 0 aliphatic rings. The molecule has 2 rings (SSSR count). The van der Waals surface area contributed by atoms with Crippen molar-refractivity contribution in [1.82, 2.24) is 20.1 Å². The van der Waals surface area contributed by atoms with Crippen molar-refractivity contribution in [2.75, 3.05) is 12.3 Å². The van der Waals surface area contributed by atoms with Gasteiger partial charge in [0, 0.05) is 12.1 Å². The SMILES string of the molecule is C=CCn1c(SCC(=O)NCC(F)(F)F)nnc1-c1ccc(C(C)(C)C)cc1. The number of aromatic nitrogens is 3. The van der Waals surface area contributed by atoms with Crippen LogP contribution >= 0.6 is 11.8 Å². The molecular weight excluding hydrogens is 389 g/mol. The molecule has 0 fully saturated rings. The van der Waals surface area contributed by atoms with Crippen LogP contribution in [0.3, 0.4) is 0 Å². The van der Waals surface area contributed by atoms with Gasteiger partial charge in [-0.05, 0) is 11.0 Å². The number of alkyl halides is 3. The number of nitrogens with one attached hydrogen (secondary N) is 1. The number of carbonyl (C=O) groups is 1. The minimum absolute atomic E-state index is 0.0259. The number of carbonyl (C=O) groups excluding carboxylic acids is 1. The molecule has 0 saturated heterocycles. The monoisotopic (exact) mass is 412 g/mol. The number of benzene rings is 1. The average Bonchev–Trinajstić information content (AvgIpc) is 3.00. The van der Waals surface area contributed by atoms with Gasteiger partial charge in [-0.15, -0.1) is 16.8 Å². The zero-order chi connectivity index (χ0) is 20.9. The first-order valence-corrected chi connectivity index (χ1v) is 9.61. The summed E-state index contributed by atoms with van der Waals surface area (Å²) in [6.07, 6.45) is -2.76. The lowest BCUT2D eigenvalue weighted by Gasteiger charge is -2.19. The predicted molar refractivity (Wildman–Crippen MR) is 104 cm³/mol. The molecule has 1 aromatic heterocycles. The predicted octanol–water partition coefficient (Wildman–Crippen LogP) is 4.20. The van der Waals surface area contributed by atoms with Gasteiger partial charge in [0.05, 0.1) is 5.75 Å². The van der Waals surface area contributed by atoms with Crippen LogP contribution in [0.15, 0.2) is 42.1 Å². The van der Waals surface area contributed by atoms with Gasteiger partial charge < -0.3 is 5.32 Å². The second-order valence-corrected chi connectivity index (χ2v) is 8.16. The third-order valence-electron chi connectivity index (χ3n) is 3.86. The summed E-state index contributed by atoms with van der Waals surface area (Å²) in [7, 11) is 0. The maximum Gasteiger partial charge on any atom is 0.405 e. The fourth-order valence-corrected chi connectivity index (χ4v) is 3.18. The Balaban J connectivity index is 2.15. The molecule has 0 aliphatic carbocycles. The number of nitrogens with zero attached hydrogens (tertiary/aromatic N) is 3. The van der Waals surface area contributed by atoms with Crippen molar-refractivity contribution in [2.45, 2.75) is 44.1 Å². The van der Waals surface area contributed by atoms with Crippen molar-refractivity contribution in [3.63, 3.8) is 0 Å². The van der Waals surface area contributed by atoms with Gasteiger partial charge in [-0.3, -0.25) is 9.36 Å². The van der Waals surface area contributed by atoms with Gasteiger partial charge in [0.2, 0.25) is 5.91 Å². The quantitative estimate of drug-likeness (QED) is 0.547. The molecule has 0 aliphatic heterocycles. The molecule has 1 heterocycles. The van der Waals surface area contributed by atoms with Gasteiger partial charge in [0.1, 0.15) is 6.54 Å². The van der Waals surface area contributed by atoms with Crippen molar-refractivity contribution in [3.05, 3.63) is 42.5 Å². The van der Waals surface area contributed by atoms with Gasteiger partial charge in [-0.1, -0.05) is 62.9 Å². The lowest BCUT2D eigenvalue weighted by atomic mass is 9.87. The average molecular weight is 412 g/mol. The van der Waals surface area contributed by atoms with Gasteiger partial charge >= 0.3 is 6.18 Å². The van der Waals surface area contributed by atoms with E-state index in [-0.39, 0.29) is 11.2 Å². The summed E-state index contributed by atoms with van der Waals surface area (Å²) < 4.78 is 38.3. The molecule has 0 radical (unpaired) electrons. The van der Waals surface area contributed by atoms with Crippen LogP contribution in [0.25, 0.3) is 11.4 Å². The maximum absolute atomic E-state index is 12.2. The fraction of sp³-hybridized carbons (Fsp3) is 0.421. The lowest BCUT2D eigenvalue weighted by Crippen LogP contribution is -2.34. The number of rotatable bonds is 7. The normalized spacial score (nSPS) is 12.1. The van der Waals surface area contributed by atoms with E-state index in [1.807, 2.05) is 29.6 Å². The number of hydrogen-bond acceptors (Lipinski definition) is 4. The van der Waals surface area contributed by atoms with Crippen LogP contribution in [0.1, 0.15) is 26.3 Å². The van der Waals surface area contributed by atoms with Crippen LogP contribution in [-0.2, 0) is 16.8 Å². The Labute approximate surface area is 166 Å². The number of halogens is 3. The Morgan fingerprint density at radius 3 is 2.39 bits per heavy atom. The second-order valence-electron chi connectivity index (χ2n) is 7.21. The highest BCUT2D eigenvalue weighted by Crippen LogP contribution is 2.27. The number of hydrogen-bond donors (Lipinski definition) is 1. The van der Waals surface area contributed by atoms with E-state index in [1.54, 1.807) is 10.6 Å². The largest absolute Gasteiger partial charge is 0.405 e. The van der Waals surface area contributed by atoms with Crippen LogP contribution < -0.4 is 5.32 Å². The van der Waals surface area contributed by atoms with Crippen LogP contribution in [0, 0.1) is 0 Å². The van der Waals surface area contributed by atoms with Crippen molar-refractivity contribution >= 4 is 17.7 Å². The first-order valence-electron chi connectivity index (χ1n) is 8.62. The van der Waals surface area contributed by atoms with Crippen molar-refractivity contribution in [2.24, 2.45) is 0 Å². The van der Waals surface area contributed by atoms with Gasteiger partial charge in [0.15, 0.2) is 11.0 Å². The van der Waals surface area contributed by atoms with Crippen molar-refractivity contribution < 1.29 is 18.0 Å². The van der Waals surface area contributed by atoms with E-state index in [0.717, 1.165) is 17.3 Å². The Morgan fingerprint density at radius 1 is 1.21 bits per heavy atom. The fourth-order valence-electron chi connectivity index (χ4n) is 2.40. The molecule has 1 amide bonds. The minimum Gasteiger partial charge on any atom is -0.346 e. The van der Waals surface area contributed by atoms with Crippen LogP contribution in [0.2, 0.25) is 0 Å². The summed E-state index contributed by atoms with van der Waals surface area (Å²) in [5, 5.41) is 10.6. The molecule has 0 spiro atoms. The first-order chi connectivity index (χ1) is 13.0. The van der Waals surface area contributed by atoms with Crippen LogP contribution in [-0.4, -0.2) is 39.1 Å². The Kier molecular flexibility index (Phi) is 6.92. The minimum atomic E-state index is -4.43. The molecule has 0 unspecified atom stereocenters. The molecule has 2 aromatic rings. The van der Waals surface area contributed by atoms with E-state index in [9.17, 15) is 18.0 Å². The van der Waals surface area contributed by atoms with E-state index >= 15 is 0 Å². The molecule has 0 bridgehead atoms. The Bertz CT molecular complexity index is 823. The first kappa shape index (κ1) is 22.0. The smallest absolute Gasteiger partial charge is 0.346 e. The number of amides is 1. The van der Waals surface area contributed by atoms with E-state index in [4.69, 9.17) is 0 Å². The molecule has 5 nitrogen and oxygen atoms in total. The standard InChI is InChI=1S/C19H23F3N4OS/c1-5-10-26-16(13-6-8-14(9-7-13)18(2,3)4)24-25-17(26)28-11-15(27)23-12-19(20,21)22/h5-9H,1,10-12H2,2-4H3,(H,23,27). The van der Waals surface area contributed by atoms with Gasteiger partial charge in [0.25, 0.3) is 0 Å². The molecule has 0 saturated carbocycles. The highest BCUT2D eigenvalue weighted by molar-refractivity contribution is 7.99. The maximum atomic E-state index is 12.2. The summed E-state index contributed by atoms with van der Waals surface area (Å²) in [4.78, 5) is 11.6. The molecule has 1 N–H and O–H groups in total. The number of allylic oxidation sites excluding steroid dienone is 1. The topological polar surface area (TPSA) is 59.8 Å². The Morgan fingerprint density at radius 2 is 1.86 bits per heavy atom. The lowest BCUT2D eigenvalue weighted by molar-refractivity contribution is -0.136. The second kappa shape index (κ2) is 8.81. The summed E-state index contributed by atoms with van der Waals surface area (Å²) >= 11 is 1.03. The molecule has 0 atom stereocenters. The summed E-state index contributed by atoms with van der Waals surface area (Å²) in [5.74, 6) is -0.293. The summed E-state index contributed by atoms with van der Waals surface area (Å²) in [6.45, 7) is 9.16. The Hall–Kier alpha value is -2.29.